The Morgan fingerprint density at radius 3 is 1.21 bits per heavy atom. The average Bonchev–Trinajstić information content (AvgIpc) is 2.81. The van der Waals surface area contributed by atoms with Crippen LogP contribution in [0.3, 0.4) is 0 Å². The summed E-state index contributed by atoms with van der Waals surface area (Å²) in [5.74, 6) is 0. The lowest BCUT2D eigenvalue weighted by Gasteiger charge is -2.38. The van der Waals surface area contributed by atoms with Crippen LogP contribution in [0.15, 0.2) is 0 Å². The van der Waals surface area contributed by atoms with Gasteiger partial charge in [0.1, 0.15) is 0 Å². The van der Waals surface area contributed by atoms with Gasteiger partial charge in [0.2, 0.25) is 0 Å². The van der Waals surface area contributed by atoms with Crippen LogP contribution in [-0.4, -0.2) is 120 Å². The van der Waals surface area contributed by atoms with Gasteiger partial charge in [-0.3, -0.25) is 9.80 Å². The van der Waals surface area contributed by atoms with E-state index in [9.17, 15) is 0 Å². The third-order valence-electron chi connectivity index (χ3n) is 5.89. The maximum atomic E-state index is 6.87. The first-order valence-corrected chi connectivity index (χ1v) is 16.8. The highest BCUT2D eigenvalue weighted by Gasteiger charge is 2.53. The van der Waals surface area contributed by atoms with Crippen molar-refractivity contribution >= 4 is 17.6 Å². The third kappa shape index (κ3) is 10.7. The molecule has 0 aromatic carbocycles. The molecular formula is C22H48N2O7Si2. The van der Waals surface area contributed by atoms with E-state index in [2.05, 4.69) is 9.80 Å². The second kappa shape index (κ2) is 16.7. The fraction of sp³-hybridized carbons (Fsp3) is 1.00. The van der Waals surface area contributed by atoms with Crippen LogP contribution in [-0.2, 0) is 31.3 Å². The Morgan fingerprint density at radius 2 is 0.909 bits per heavy atom. The van der Waals surface area contributed by atoms with Gasteiger partial charge < -0.3 is 31.3 Å². The Labute approximate surface area is 203 Å². The molecule has 0 amide bonds. The molecule has 11 heteroatoms. The lowest BCUT2D eigenvalue weighted by atomic mass is 10.3. The molecule has 33 heavy (non-hydrogen) atoms. The molecule has 0 spiro atoms. The number of rotatable bonds is 18. The van der Waals surface area contributed by atoms with Crippen molar-refractivity contribution < 1.29 is 31.3 Å². The van der Waals surface area contributed by atoms with E-state index in [1.807, 2.05) is 27.7 Å². The standard InChI is InChI=1S/C22H48N2O7Si2/c1-5-27-32(28-6-2,21-9-11-23-13-17-25-18-14-23)31-33(29-7-3,30-8-4)22-10-12-24-15-19-26-20-16-24/h5-22H2,1-4H3. The van der Waals surface area contributed by atoms with Crippen LogP contribution in [0.4, 0.5) is 0 Å². The van der Waals surface area contributed by atoms with E-state index in [1.54, 1.807) is 0 Å². The third-order valence-corrected chi connectivity index (χ3v) is 13.2. The molecular weight excluding hydrogens is 460 g/mol. The van der Waals surface area contributed by atoms with Gasteiger partial charge in [0.15, 0.2) is 0 Å². The van der Waals surface area contributed by atoms with E-state index in [-0.39, 0.29) is 0 Å². The minimum absolute atomic E-state index is 0.556. The highest BCUT2D eigenvalue weighted by atomic mass is 28.5. The molecule has 2 aliphatic rings. The van der Waals surface area contributed by atoms with Gasteiger partial charge in [0.25, 0.3) is 0 Å². The van der Waals surface area contributed by atoms with Gasteiger partial charge in [-0.25, -0.2) is 0 Å². The highest BCUT2D eigenvalue weighted by Crippen LogP contribution is 2.28. The molecule has 0 unspecified atom stereocenters. The molecule has 0 aliphatic carbocycles. The quantitative estimate of drug-likeness (QED) is 0.260. The molecule has 0 saturated carbocycles. The summed E-state index contributed by atoms with van der Waals surface area (Å²) in [5, 5.41) is 0. The summed E-state index contributed by atoms with van der Waals surface area (Å²) in [6.07, 6.45) is 1.92. The number of morpholine rings is 2. The van der Waals surface area contributed by atoms with Crippen molar-refractivity contribution in [3.63, 3.8) is 0 Å². The molecule has 2 heterocycles. The molecule has 0 bridgehead atoms. The lowest BCUT2D eigenvalue weighted by Crippen LogP contribution is -2.59. The van der Waals surface area contributed by atoms with Crippen LogP contribution in [0.25, 0.3) is 0 Å². The van der Waals surface area contributed by atoms with Gasteiger partial charge in [0.05, 0.1) is 26.4 Å². The summed E-state index contributed by atoms with van der Waals surface area (Å²) in [5.41, 5.74) is 0. The molecule has 2 fully saturated rings. The van der Waals surface area contributed by atoms with Gasteiger partial charge in [-0.05, 0) is 53.6 Å². The Kier molecular flexibility index (Phi) is 14.8. The van der Waals surface area contributed by atoms with Gasteiger partial charge in [-0.15, -0.1) is 0 Å². The summed E-state index contributed by atoms with van der Waals surface area (Å²) in [6.45, 7) is 19.4. The molecule has 2 saturated heterocycles. The summed E-state index contributed by atoms with van der Waals surface area (Å²) < 4.78 is 43.0. The fourth-order valence-electron chi connectivity index (χ4n) is 4.40. The summed E-state index contributed by atoms with van der Waals surface area (Å²) in [6, 6.07) is 1.54. The first-order valence-electron chi connectivity index (χ1n) is 13.0. The second-order valence-electron chi connectivity index (χ2n) is 8.32. The molecule has 0 N–H and O–H groups in total. The molecule has 0 aromatic rings. The molecule has 0 aromatic heterocycles. The SMILES string of the molecule is CCO[Si](CCCN1CCOCC1)(OCC)O[Si](CCCN1CCOCC1)(OCC)OCC. The van der Waals surface area contributed by atoms with E-state index in [1.165, 1.54) is 0 Å². The Balaban J connectivity index is 2.05. The number of hydrogen-bond acceptors (Lipinski definition) is 9. The smallest absolute Gasteiger partial charge is 0.379 e. The average molecular weight is 509 g/mol. The maximum absolute atomic E-state index is 6.87. The van der Waals surface area contributed by atoms with E-state index < -0.39 is 17.6 Å². The van der Waals surface area contributed by atoms with Crippen LogP contribution in [0.2, 0.25) is 12.1 Å². The van der Waals surface area contributed by atoms with Crippen LogP contribution in [0, 0.1) is 0 Å². The second-order valence-corrected chi connectivity index (χ2v) is 14.0. The highest BCUT2D eigenvalue weighted by molar-refractivity contribution is 6.75. The number of ether oxygens (including phenoxy) is 2. The Bertz CT molecular complexity index is 441. The lowest BCUT2D eigenvalue weighted by molar-refractivity contribution is 0.0323. The summed E-state index contributed by atoms with van der Waals surface area (Å²) in [7, 11) is -5.92. The van der Waals surface area contributed by atoms with E-state index in [0.717, 1.165) is 90.6 Å². The summed E-state index contributed by atoms with van der Waals surface area (Å²) in [4.78, 5) is 4.89. The predicted molar refractivity (Wildman–Crippen MR) is 132 cm³/mol. The largest absolute Gasteiger partial charge is 0.493 e. The van der Waals surface area contributed by atoms with E-state index >= 15 is 0 Å². The van der Waals surface area contributed by atoms with Gasteiger partial charge in [-0.2, -0.15) is 0 Å². The first-order chi connectivity index (χ1) is 16.1. The van der Waals surface area contributed by atoms with Crippen molar-refractivity contribution in [1.29, 1.82) is 0 Å². The molecule has 9 nitrogen and oxygen atoms in total. The zero-order valence-corrected chi connectivity index (χ0v) is 23.5. The van der Waals surface area contributed by atoms with Crippen LogP contribution in [0.5, 0.6) is 0 Å². The maximum Gasteiger partial charge on any atom is 0.493 e. The summed E-state index contributed by atoms with van der Waals surface area (Å²) >= 11 is 0. The van der Waals surface area contributed by atoms with Crippen molar-refractivity contribution in [3.8, 4) is 0 Å². The number of nitrogens with zero attached hydrogens (tertiary/aromatic N) is 2. The Morgan fingerprint density at radius 1 is 0.576 bits per heavy atom. The van der Waals surface area contributed by atoms with Crippen molar-refractivity contribution in [2.24, 2.45) is 0 Å². The van der Waals surface area contributed by atoms with Crippen LogP contribution in [0.1, 0.15) is 40.5 Å². The van der Waals surface area contributed by atoms with Crippen molar-refractivity contribution in [2.45, 2.75) is 52.6 Å². The van der Waals surface area contributed by atoms with Crippen molar-refractivity contribution in [2.75, 3.05) is 92.1 Å². The monoisotopic (exact) mass is 508 g/mol. The molecule has 0 radical (unpaired) electrons. The van der Waals surface area contributed by atoms with Crippen molar-refractivity contribution in [1.82, 2.24) is 9.80 Å². The topological polar surface area (TPSA) is 71.1 Å². The van der Waals surface area contributed by atoms with Crippen molar-refractivity contribution in [3.05, 3.63) is 0 Å². The molecule has 2 aliphatic heterocycles. The van der Waals surface area contributed by atoms with E-state index in [4.69, 9.17) is 31.3 Å². The van der Waals surface area contributed by atoms with Gasteiger partial charge in [-0.1, -0.05) is 0 Å². The predicted octanol–water partition coefficient (Wildman–Crippen LogP) is 2.47. The normalized spacial score (nSPS) is 19.3. The minimum atomic E-state index is -2.96. The number of hydrogen-bond donors (Lipinski definition) is 0. The Hall–Kier alpha value is 0.0738. The zero-order valence-electron chi connectivity index (χ0n) is 21.5. The first kappa shape index (κ1) is 29.3. The minimum Gasteiger partial charge on any atom is -0.379 e. The van der Waals surface area contributed by atoms with Crippen LogP contribution >= 0.6 is 0 Å². The molecule has 0 atom stereocenters. The molecule has 2 rings (SSSR count). The fourth-order valence-corrected chi connectivity index (χ4v) is 11.7. The van der Waals surface area contributed by atoms with Crippen LogP contribution < -0.4 is 0 Å². The van der Waals surface area contributed by atoms with Gasteiger partial charge >= 0.3 is 17.6 Å². The van der Waals surface area contributed by atoms with E-state index in [0.29, 0.717) is 26.4 Å². The zero-order chi connectivity index (χ0) is 23.8. The molecule has 196 valence electrons. The van der Waals surface area contributed by atoms with Gasteiger partial charge in [0, 0.05) is 64.7 Å².